The highest BCUT2D eigenvalue weighted by Crippen LogP contribution is 2.31. The summed E-state index contributed by atoms with van der Waals surface area (Å²) in [6.45, 7) is 4.14. The van der Waals surface area contributed by atoms with E-state index in [4.69, 9.17) is 9.97 Å². The van der Waals surface area contributed by atoms with Crippen molar-refractivity contribution in [2.24, 2.45) is 0 Å². The molecule has 0 amide bonds. The Morgan fingerprint density at radius 3 is 2.33 bits per heavy atom. The molecule has 0 fully saturated rings. The van der Waals surface area contributed by atoms with Crippen LogP contribution in [0.4, 0.5) is 11.5 Å². The lowest BCUT2D eigenvalue weighted by atomic mass is 10.1. The van der Waals surface area contributed by atoms with E-state index in [1.165, 1.54) is 5.56 Å². The fraction of sp³-hybridized carbons (Fsp3) is 0.0800. The summed E-state index contributed by atoms with van der Waals surface area (Å²) in [6.07, 6.45) is 3.86. The average Bonchev–Trinajstić information content (AvgIpc) is 3.15. The lowest BCUT2D eigenvalue weighted by Gasteiger charge is -2.09. The van der Waals surface area contributed by atoms with Crippen LogP contribution in [-0.2, 0) is 0 Å². The molecule has 2 aromatic carbocycles. The molecule has 5 aromatic rings. The number of hydrogen-bond acceptors (Lipinski definition) is 4. The molecule has 0 radical (unpaired) electrons. The van der Waals surface area contributed by atoms with Crippen LogP contribution < -0.4 is 5.32 Å². The van der Waals surface area contributed by atoms with Crippen molar-refractivity contribution < 1.29 is 0 Å². The van der Waals surface area contributed by atoms with Crippen molar-refractivity contribution in [2.75, 3.05) is 5.32 Å². The number of fused-ring (bicyclic) bond motifs is 1. The monoisotopic (exact) mass is 391 g/mol. The molecular formula is C25H21N5. The van der Waals surface area contributed by atoms with Gasteiger partial charge in [0.1, 0.15) is 22.9 Å². The van der Waals surface area contributed by atoms with Crippen LogP contribution in [0.25, 0.3) is 28.4 Å². The van der Waals surface area contributed by atoms with Gasteiger partial charge in [-0.3, -0.25) is 4.40 Å². The van der Waals surface area contributed by atoms with E-state index < -0.39 is 0 Å². The van der Waals surface area contributed by atoms with Crippen molar-refractivity contribution in [1.82, 2.24) is 19.4 Å². The summed E-state index contributed by atoms with van der Waals surface area (Å²) in [5, 5.41) is 3.37. The van der Waals surface area contributed by atoms with Crippen LogP contribution in [-0.4, -0.2) is 19.4 Å². The van der Waals surface area contributed by atoms with Gasteiger partial charge in [-0.15, -0.1) is 0 Å². The third-order valence-corrected chi connectivity index (χ3v) is 5.00. The Bertz CT molecular complexity index is 1320. The fourth-order valence-electron chi connectivity index (χ4n) is 3.49. The van der Waals surface area contributed by atoms with Gasteiger partial charge in [-0.2, -0.15) is 0 Å². The SMILES string of the molecule is Cc1ccc(Nc2ccnc(-c3c(-c4ccccc4)nc4ccc(C)cn34)n2)cc1. The zero-order valence-electron chi connectivity index (χ0n) is 16.9. The molecule has 0 spiro atoms. The molecule has 0 aliphatic rings. The first kappa shape index (κ1) is 18.1. The van der Waals surface area contributed by atoms with Crippen LogP contribution in [0.1, 0.15) is 11.1 Å². The van der Waals surface area contributed by atoms with E-state index in [0.29, 0.717) is 5.82 Å². The van der Waals surface area contributed by atoms with Crippen LogP contribution in [0.15, 0.2) is 85.2 Å². The molecule has 30 heavy (non-hydrogen) atoms. The molecular weight excluding hydrogens is 370 g/mol. The van der Waals surface area contributed by atoms with Gasteiger partial charge >= 0.3 is 0 Å². The fourth-order valence-corrected chi connectivity index (χ4v) is 3.49. The molecule has 0 aliphatic heterocycles. The van der Waals surface area contributed by atoms with Gasteiger partial charge in [0.15, 0.2) is 5.82 Å². The second-order valence-electron chi connectivity index (χ2n) is 7.37. The molecule has 5 nitrogen and oxygen atoms in total. The third-order valence-electron chi connectivity index (χ3n) is 5.00. The number of rotatable bonds is 4. The molecule has 146 valence electrons. The standard InChI is InChI=1S/C25H21N5/c1-17-8-11-20(12-9-17)27-21-14-15-26-25(28-21)24-23(19-6-4-3-5-7-19)29-22-13-10-18(2)16-30(22)24/h3-16H,1-2H3,(H,26,27,28). The van der Waals surface area contributed by atoms with E-state index in [1.54, 1.807) is 6.20 Å². The van der Waals surface area contributed by atoms with Crippen LogP contribution in [0.3, 0.4) is 0 Å². The van der Waals surface area contributed by atoms with Gasteiger partial charge in [0, 0.05) is 23.6 Å². The van der Waals surface area contributed by atoms with Gasteiger partial charge in [-0.05, 0) is 43.7 Å². The Labute approximate surface area is 175 Å². The van der Waals surface area contributed by atoms with E-state index in [2.05, 4.69) is 65.1 Å². The van der Waals surface area contributed by atoms with Crippen LogP contribution in [0.2, 0.25) is 0 Å². The number of aryl methyl sites for hydroxylation is 2. The minimum Gasteiger partial charge on any atom is -0.340 e. The highest BCUT2D eigenvalue weighted by molar-refractivity contribution is 5.79. The predicted molar refractivity (Wildman–Crippen MR) is 121 cm³/mol. The summed E-state index contributed by atoms with van der Waals surface area (Å²) in [5.41, 5.74) is 7.01. The minimum absolute atomic E-state index is 0.629. The molecule has 0 saturated carbocycles. The minimum atomic E-state index is 0.629. The van der Waals surface area contributed by atoms with Crippen LogP contribution >= 0.6 is 0 Å². The number of nitrogens with zero attached hydrogens (tertiary/aromatic N) is 4. The van der Waals surface area contributed by atoms with Crippen molar-refractivity contribution in [3.63, 3.8) is 0 Å². The van der Waals surface area contributed by atoms with Crippen molar-refractivity contribution in [1.29, 1.82) is 0 Å². The number of imidazole rings is 1. The lowest BCUT2D eigenvalue weighted by molar-refractivity contribution is 1.10. The summed E-state index contributed by atoms with van der Waals surface area (Å²) >= 11 is 0. The Morgan fingerprint density at radius 1 is 0.767 bits per heavy atom. The first-order valence-electron chi connectivity index (χ1n) is 9.89. The van der Waals surface area contributed by atoms with Gasteiger partial charge in [0.25, 0.3) is 0 Å². The Balaban J connectivity index is 1.65. The molecule has 0 unspecified atom stereocenters. The van der Waals surface area contributed by atoms with Gasteiger partial charge < -0.3 is 5.32 Å². The first-order chi connectivity index (χ1) is 14.7. The van der Waals surface area contributed by atoms with Gasteiger partial charge in [0.2, 0.25) is 0 Å². The summed E-state index contributed by atoms with van der Waals surface area (Å²) in [6, 6.07) is 24.4. The van der Waals surface area contributed by atoms with Crippen molar-refractivity contribution in [3.8, 4) is 22.8 Å². The molecule has 5 heteroatoms. The number of nitrogens with one attached hydrogen (secondary N) is 1. The van der Waals surface area contributed by atoms with Gasteiger partial charge in [-0.1, -0.05) is 54.1 Å². The maximum absolute atomic E-state index is 4.89. The average molecular weight is 391 g/mol. The van der Waals surface area contributed by atoms with Crippen molar-refractivity contribution in [2.45, 2.75) is 13.8 Å². The highest BCUT2D eigenvalue weighted by atomic mass is 15.1. The number of benzene rings is 2. The summed E-state index contributed by atoms with van der Waals surface area (Å²) < 4.78 is 2.07. The maximum atomic E-state index is 4.89. The largest absolute Gasteiger partial charge is 0.340 e. The normalized spacial score (nSPS) is 11.0. The van der Waals surface area contributed by atoms with Crippen LogP contribution in [0.5, 0.6) is 0 Å². The summed E-state index contributed by atoms with van der Waals surface area (Å²) in [4.78, 5) is 14.3. The predicted octanol–water partition coefficient (Wildman–Crippen LogP) is 5.82. The zero-order valence-corrected chi connectivity index (χ0v) is 16.9. The Morgan fingerprint density at radius 2 is 1.53 bits per heavy atom. The molecule has 0 saturated heterocycles. The molecule has 3 heterocycles. The van der Waals surface area contributed by atoms with Crippen molar-refractivity contribution >= 4 is 17.2 Å². The quantitative estimate of drug-likeness (QED) is 0.419. The second-order valence-corrected chi connectivity index (χ2v) is 7.37. The van der Waals surface area contributed by atoms with E-state index in [0.717, 1.165) is 39.7 Å². The smallest absolute Gasteiger partial charge is 0.180 e. The van der Waals surface area contributed by atoms with Gasteiger partial charge in [0.05, 0.1) is 0 Å². The zero-order chi connectivity index (χ0) is 20.5. The second kappa shape index (κ2) is 7.44. The molecule has 0 aliphatic carbocycles. The summed E-state index contributed by atoms with van der Waals surface area (Å²) in [5.74, 6) is 1.37. The van der Waals surface area contributed by atoms with E-state index >= 15 is 0 Å². The number of anilines is 2. The molecule has 0 bridgehead atoms. The number of hydrogen-bond donors (Lipinski definition) is 1. The van der Waals surface area contributed by atoms with E-state index in [1.807, 2.05) is 42.5 Å². The Hall–Kier alpha value is -3.99. The molecule has 3 aromatic heterocycles. The summed E-state index contributed by atoms with van der Waals surface area (Å²) in [7, 11) is 0. The lowest BCUT2D eigenvalue weighted by Crippen LogP contribution is -1.99. The first-order valence-corrected chi connectivity index (χ1v) is 9.89. The Kier molecular flexibility index (Phi) is 4.48. The topological polar surface area (TPSA) is 55.1 Å². The van der Waals surface area contributed by atoms with Gasteiger partial charge in [-0.25, -0.2) is 15.0 Å². The highest BCUT2D eigenvalue weighted by Gasteiger charge is 2.18. The molecule has 1 N–H and O–H groups in total. The van der Waals surface area contributed by atoms with E-state index in [-0.39, 0.29) is 0 Å². The number of pyridine rings is 1. The molecule has 0 atom stereocenters. The third kappa shape index (κ3) is 3.42. The number of aromatic nitrogens is 4. The maximum Gasteiger partial charge on any atom is 0.180 e. The van der Waals surface area contributed by atoms with Crippen molar-refractivity contribution in [3.05, 3.63) is 96.3 Å². The molecule has 5 rings (SSSR count). The van der Waals surface area contributed by atoms with Crippen LogP contribution in [0, 0.1) is 13.8 Å². The van der Waals surface area contributed by atoms with E-state index in [9.17, 15) is 0 Å².